The van der Waals surface area contributed by atoms with Gasteiger partial charge in [0.05, 0.1) is 0 Å². The van der Waals surface area contributed by atoms with Gasteiger partial charge in [-0.1, -0.05) is 20.8 Å². The average molecular weight is 331 g/mol. The molecule has 1 rings (SSSR count). The molecule has 108 valence electrons. The van der Waals surface area contributed by atoms with Crippen LogP contribution >= 0.6 is 15.9 Å². The van der Waals surface area contributed by atoms with Crippen molar-refractivity contribution in [1.82, 2.24) is 4.98 Å². The molecular weight excluding hydrogens is 308 g/mol. The number of halogens is 1. The molecule has 0 amide bonds. The van der Waals surface area contributed by atoms with Crippen molar-refractivity contribution in [2.75, 3.05) is 0 Å². The topological polar surface area (TPSA) is 76.2 Å². The lowest BCUT2D eigenvalue weighted by Gasteiger charge is -2.16. The first-order chi connectivity index (χ1) is 8.74. The summed E-state index contributed by atoms with van der Waals surface area (Å²) in [7, 11) is 0. The van der Waals surface area contributed by atoms with Gasteiger partial charge >= 0.3 is 5.97 Å². The molecule has 1 aromatic rings. The Hall–Kier alpha value is -0.940. The first kappa shape index (κ1) is 18.1. The third-order valence-corrected chi connectivity index (χ3v) is 2.75. The van der Waals surface area contributed by atoms with E-state index in [2.05, 4.69) is 41.7 Å². The van der Waals surface area contributed by atoms with Crippen molar-refractivity contribution >= 4 is 21.9 Å². The molecule has 0 saturated heterocycles. The lowest BCUT2D eigenvalue weighted by molar-refractivity contribution is -0.137. The third kappa shape index (κ3) is 11.9. The van der Waals surface area contributed by atoms with Crippen molar-refractivity contribution in [2.45, 2.75) is 46.6 Å². The van der Waals surface area contributed by atoms with Crippen LogP contribution in [0.2, 0.25) is 0 Å². The highest BCUT2D eigenvalue weighted by Crippen LogP contribution is 2.21. The van der Waals surface area contributed by atoms with Crippen LogP contribution in [0.3, 0.4) is 0 Å². The van der Waals surface area contributed by atoms with Gasteiger partial charge in [0.25, 0.3) is 0 Å². The number of hydrogen-bond acceptors (Lipinski definition) is 3. The highest BCUT2D eigenvalue weighted by Gasteiger charge is 2.09. The van der Waals surface area contributed by atoms with Crippen molar-refractivity contribution in [3.05, 3.63) is 28.5 Å². The van der Waals surface area contributed by atoms with Crippen LogP contribution in [0, 0.1) is 5.41 Å². The summed E-state index contributed by atoms with van der Waals surface area (Å²) in [4.78, 5) is 14.0. The van der Waals surface area contributed by atoms with Gasteiger partial charge in [-0.05, 0) is 45.8 Å². The minimum Gasteiger partial charge on any atom is -0.481 e. The average Bonchev–Trinajstić information content (AvgIpc) is 2.27. The van der Waals surface area contributed by atoms with Crippen LogP contribution in [0.25, 0.3) is 0 Å². The molecule has 4 nitrogen and oxygen atoms in total. The second kappa shape index (κ2) is 9.04. The number of nitrogens with zero attached hydrogens (tertiary/aromatic N) is 1. The van der Waals surface area contributed by atoms with Gasteiger partial charge in [0.2, 0.25) is 0 Å². The molecule has 0 aliphatic rings. The van der Waals surface area contributed by atoms with Crippen LogP contribution in [-0.2, 0) is 11.3 Å². The van der Waals surface area contributed by atoms with Gasteiger partial charge in [-0.15, -0.1) is 0 Å². The first-order valence-corrected chi connectivity index (χ1v) is 7.05. The number of hydrogen-bond donors (Lipinski definition) is 2. The summed E-state index contributed by atoms with van der Waals surface area (Å²) in [5.74, 6) is -0.691. The summed E-state index contributed by atoms with van der Waals surface area (Å²) in [6, 6.07) is 1.95. The van der Waals surface area contributed by atoms with Crippen molar-refractivity contribution in [3.8, 4) is 0 Å². The van der Waals surface area contributed by atoms with Crippen LogP contribution in [-0.4, -0.2) is 16.1 Å². The van der Waals surface area contributed by atoms with Crippen LogP contribution < -0.4 is 5.73 Å². The van der Waals surface area contributed by atoms with Gasteiger partial charge in [-0.2, -0.15) is 0 Å². The SMILES string of the molecule is CC(C)(C)CCCC(=O)O.NCc1cncc(Br)c1. The highest BCUT2D eigenvalue weighted by atomic mass is 79.9. The quantitative estimate of drug-likeness (QED) is 0.884. The molecule has 0 saturated carbocycles. The molecule has 0 radical (unpaired) electrons. The molecule has 0 aromatic carbocycles. The van der Waals surface area contributed by atoms with Crippen molar-refractivity contribution in [2.24, 2.45) is 11.1 Å². The molecule has 3 N–H and O–H groups in total. The summed E-state index contributed by atoms with van der Waals surface area (Å²) in [6.07, 6.45) is 5.57. The van der Waals surface area contributed by atoms with Crippen molar-refractivity contribution in [1.29, 1.82) is 0 Å². The first-order valence-electron chi connectivity index (χ1n) is 6.26. The number of carboxylic acid groups (broad SMARTS) is 1. The van der Waals surface area contributed by atoms with E-state index in [1.807, 2.05) is 6.07 Å². The van der Waals surface area contributed by atoms with E-state index >= 15 is 0 Å². The maximum atomic E-state index is 10.1. The normalized spacial score (nSPS) is 10.6. The Kier molecular flexibility index (Phi) is 8.59. The summed E-state index contributed by atoms with van der Waals surface area (Å²) in [6.45, 7) is 6.91. The Balaban J connectivity index is 0.000000342. The lowest BCUT2D eigenvalue weighted by atomic mass is 9.90. The van der Waals surface area contributed by atoms with Gasteiger partial charge in [0, 0.05) is 29.8 Å². The van der Waals surface area contributed by atoms with E-state index in [1.54, 1.807) is 12.4 Å². The molecule has 0 spiro atoms. The molecule has 0 fully saturated rings. The smallest absolute Gasteiger partial charge is 0.303 e. The zero-order valence-electron chi connectivity index (χ0n) is 11.8. The van der Waals surface area contributed by atoms with Crippen LogP contribution in [0.4, 0.5) is 0 Å². The van der Waals surface area contributed by atoms with E-state index in [0.29, 0.717) is 13.0 Å². The number of pyridine rings is 1. The number of nitrogens with two attached hydrogens (primary N) is 1. The van der Waals surface area contributed by atoms with Gasteiger partial charge in [-0.3, -0.25) is 9.78 Å². The predicted molar refractivity (Wildman–Crippen MR) is 80.8 cm³/mol. The van der Waals surface area contributed by atoms with Gasteiger partial charge < -0.3 is 10.8 Å². The van der Waals surface area contributed by atoms with Crippen LogP contribution in [0.15, 0.2) is 22.9 Å². The monoisotopic (exact) mass is 330 g/mol. The van der Waals surface area contributed by atoms with Gasteiger partial charge in [0.15, 0.2) is 0 Å². The number of carboxylic acids is 1. The molecule has 5 heteroatoms. The molecule has 1 aromatic heterocycles. The van der Waals surface area contributed by atoms with E-state index < -0.39 is 5.97 Å². The number of aromatic nitrogens is 1. The fourth-order valence-electron chi connectivity index (χ4n) is 1.34. The Bertz CT molecular complexity index is 389. The summed E-state index contributed by atoms with van der Waals surface area (Å²) >= 11 is 3.28. The Morgan fingerprint density at radius 2 is 2.05 bits per heavy atom. The molecular formula is C14H23BrN2O2. The van der Waals surface area contributed by atoms with E-state index in [-0.39, 0.29) is 5.41 Å². The van der Waals surface area contributed by atoms with E-state index in [1.165, 1.54) is 0 Å². The molecule has 19 heavy (non-hydrogen) atoms. The minimum atomic E-state index is -0.691. The maximum absolute atomic E-state index is 10.1. The fraction of sp³-hybridized carbons (Fsp3) is 0.571. The lowest BCUT2D eigenvalue weighted by Crippen LogP contribution is -2.05. The molecule has 0 bridgehead atoms. The maximum Gasteiger partial charge on any atom is 0.303 e. The van der Waals surface area contributed by atoms with Gasteiger partial charge in [-0.25, -0.2) is 0 Å². The van der Waals surface area contributed by atoms with Crippen LogP contribution in [0.5, 0.6) is 0 Å². The zero-order valence-corrected chi connectivity index (χ0v) is 13.4. The predicted octanol–water partition coefficient (Wildman–Crippen LogP) is 3.59. The highest BCUT2D eigenvalue weighted by molar-refractivity contribution is 9.10. The van der Waals surface area contributed by atoms with Crippen molar-refractivity contribution in [3.63, 3.8) is 0 Å². The van der Waals surface area contributed by atoms with Crippen LogP contribution in [0.1, 0.15) is 45.6 Å². The zero-order chi connectivity index (χ0) is 14.9. The minimum absolute atomic E-state index is 0.273. The van der Waals surface area contributed by atoms with E-state index in [4.69, 9.17) is 10.8 Å². The Morgan fingerprint density at radius 3 is 2.42 bits per heavy atom. The number of aliphatic carboxylic acids is 1. The van der Waals surface area contributed by atoms with E-state index in [0.717, 1.165) is 22.9 Å². The number of rotatable bonds is 4. The number of carbonyl (C=O) groups is 1. The largest absolute Gasteiger partial charge is 0.481 e. The molecule has 0 atom stereocenters. The molecule has 0 aliphatic carbocycles. The molecule has 1 heterocycles. The summed E-state index contributed by atoms with van der Waals surface area (Å²) < 4.78 is 0.977. The Labute approximate surface area is 123 Å². The fourth-order valence-corrected chi connectivity index (χ4v) is 1.75. The third-order valence-electron chi connectivity index (χ3n) is 2.31. The second-order valence-electron chi connectivity index (χ2n) is 5.52. The summed E-state index contributed by atoms with van der Waals surface area (Å²) in [5, 5.41) is 8.31. The van der Waals surface area contributed by atoms with E-state index in [9.17, 15) is 4.79 Å². The molecule has 0 unspecified atom stereocenters. The molecule has 0 aliphatic heterocycles. The van der Waals surface area contributed by atoms with Gasteiger partial charge in [0.1, 0.15) is 0 Å². The Morgan fingerprint density at radius 1 is 1.42 bits per heavy atom. The van der Waals surface area contributed by atoms with Crippen molar-refractivity contribution < 1.29 is 9.90 Å². The standard InChI is InChI=1S/C8H16O2.C6H7BrN2/c1-8(2,3)6-4-5-7(9)10;7-6-1-5(2-8)3-9-4-6/h4-6H2,1-3H3,(H,9,10);1,3-4H,2,8H2. The summed E-state index contributed by atoms with van der Waals surface area (Å²) in [5.41, 5.74) is 6.68. The second-order valence-corrected chi connectivity index (χ2v) is 6.44.